The maximum Gasteiger partial charge on any atom is 0.351 e. The average molecular weight is 352 g/mol. The summed E-state index contributed by atoms with van der Waals surface area (Å²) in [4.78, 5) is 28.6. The van der Waals surface area contributed by atoms with Crippen LogP contribution in [0, 0.1) is 5.92 Å². The van der Waals surface area contributed by atoms with Crippen LogP contribution in [-0.4, -0.2) is 44.3 Å². The first-order valence-corrected chi connectivity index (χ1v) is 8.22. The Kier molecular flexibility index (Phi) is 5.97. The average Bonchev–Trinajstić information content (AvgIpc) is 2.94. The summed E-state index contributed by atoms with van der Waals surface area (Å²) in [6.07, 6.45) is 1.70. The quantitative estimate of drug-likeness (QED) is 0.767. The molecule has 0 bridgehead atoms. The van der Waals surface area contributed by atoms with Gasteiger partial charge < -0.3 is 19.5 Å². The van der Waals surface area contributed by atoms with Crippen LogP contribution in [0.15, 0.2) is 12.3 Å². The molecule has 2 aromatic rings. The third-order valence-corrected chi connectivity index (χ3v) is 4.22. The highest BCUT2D eigenvalue weighted by atomic mass is 32.1. The molecule has 0 aliphatic heterocycles. The van der Waals surface area contributed by atoms with E-state index in [4.69, 9.17) is 9.47 Å². The van der Waals surface area contributed by atoms with E-state index in [1.165, 1.54) is 14.2 Å². The first-order valence-electron chi connectivity index (χ1n) is 7.40. The van der Waals surface area contributed by atoms with Gasteiger partial charge in [-0.3, -0.25) is 0 Å². The third-order valence-electron chi connectivity index (χ3n) is 3.15. The molecule has 0 saturated heterocycles. The highest BCUT2D eigenvalue weighted by Gasteiger charge is 2.22. The van der Waals surface area contributed by atoms with Crippen LogP contribution in [0.1, 0.15) is 23.5 Å². The molecule has 7 nitrogen and oxygen atoms in total. The lowest BCUT2D eigenvalue weighted by atomic mass is 10.2. The first-order chi connectivity index (χ1) is 11.5. The van der Waals surface area contributed by atoms with E-state index in [0.717, 1.165) is 23.6 Å². The Hall–Kier alpha value is -2.35. The van der Waals surface area contributed by atoms with Gasteiger partial charge in [0.1, 0.15) is 4.83 Å². The lowest BCUT2D eigenvalue weighted by molar-refractivity contribution is -0.142. The molecular formula is C16H20N2O5S. The number of esters is 2. The van der Waals surface area contributed by atoms with Crippen molar-refractivity contribution >= 4 is 39.2 Å². The Morgan fingerprint density at radius 2 is 2.04 bits per heavy atom. The number of methoxy groups -OCH3 is 2. The number of hydrogen-bond donors (Lipinski definition) is 1. The fraction of sp³-hybridized carbons (Fsp3) is 0.438. The number of nitrogens with zero attached hydrogens (tertiary/aromatic N) is 1. The number of hydrogen-bond acceptors (Lipinski definition) is 8. The van der Waals surface area contributed by atoms with Crippen molar-refractivity contribution in [3.05, 3.63) is 17.1 Å². The van der Waals surface area contributed by atoms with Crippen LogP contribution < -0.4 is 10.1 Å². The number of carbonyl (C=O) groups excluding carboxylic acids is 2. The molecule has 8 heteroatoms. The van der Waals surface area contributed by atoms with Gasteiger partial charge >= 0.3 is 11.9 Å². The lowest BCUT2D eigenvalue weighted by Crippen LogP contribution is -2.14. The molecule has 24 heavy (non-hydrogen) atoms. The van der Waals surface area contributed by atoms with Crippen LogP contribution in [-0.2, 0) is 14.3 Å². The van der Waals surface area contributed by atoms with Gasteiger partial charge in [-0.2, -0.15) is 0 Å². The van der Waals surface area contributed by atoms with Crippen LogP contribution in [0.4, 0.5) is 5.69 Å². The maximum absolute atomic E-state index is 12.0. The predicted molar refractivity (Wildman–Crippen MR) is 91.8 cm³/mol. The van der Waals surface area contributed by atoms with Gasteiger partial charge in [-0.25, -0.2) is 14.6 Å². The van der Waals surface area contributed by atoms with E-state index in [2.05, 4.69) is 28.9 Å². The number of pyridine rings is 1. The van der Waals surface area contributed by atoms with E-state index in [-0.39, 0.29) is 17.2 Å². The second-order valence-electron chi connectivity index (χ2n) is 5.47. The molecule has 0 radical (unpaired) electrons. The van der Waals surface area contributed by atoms with Crippen LogP contribution >= 0.6 is 11.3 Å². The molecule has 0 atom stereocenters. The largest absolute Gasteiger partial charge is 0.479 e. The van der Waals surface area contributed by atoms with Crippen LogP contribution in [0.25, 0.3) is 10.2 Å². The van der Waals surface area contributed by atoms with Crippen LogP contribution in [0.5, 0.6) is 5.75 Å². The van der Waals surface area contributed by atoms with Crippen molar-refractivity contribution < 1.29 is 23.8 Å². The second kappa shape index (κ2) is 7.96. The fourth-order valence-electron chi connectivity index (χ4n) is 1.94. The van der Waals surface area contributed by atoms with Crippen LogP contribution in [0.3, 0.4) is 0 Å². The molecule has 0 aliphatic carbocycles. The van der Waals surface area contributed by atoms with Crippen molar-refractivity contribution in [2.45, 2.75) is 13.8 Å². The van der Waals surface area contributed by atoms with Crippen molar-refractivity contribution in [3.8, 4) is 5.75 Å². The Bertz CT molecular complexity index is 741. The molecule has 130 valence electrons. The Balaban J connectivity index is 2.40. The Labute approximate surface area is 143 Å². The molecule has 2 aromatic heterocycles. The van der Waals surface area contributed by atoms with Gasteiger partial charge in [-0.15, -0.1) is 11.3 Å². The summed E-state index contributed by atoms with van der Waals surface area (Å²) in [5.74, 6) is -0.307. The molecule has 0 aliphatic rings. The Morgan fingerprint density at radius 3 is 2.67 bits per heavy atom. The monoisotopic (exact) mass is 352 g/mol. The van der Waals surface area contributed by atoms with Gasteiger partial charge in [0.25, 0.3) is 0 Å². The van der Waals surface area contributed by atoms with Crippen molar-refractivity contribution in [3.63, 3.8) is 0 Å². The Morgan fingerprint density at radius 1 is 1.29 bits per heavy atom. The number of carbonyl (C=O) groups is 2. The zero-order valence-electron chi connectivity index (χ0n) is 14.0. The molecule has 0 saturated carbocycles. The number of fused-ring (bicyclic) bond motifs is 1. The zero-order chi connectivity index (χ0) is 17.7. The van der Waals surface area contributed by atoms with E-state index >= 15 is 0 Å². The molecule has 2 heterocycles. The summed E-state index contributed by atoms with van der Waals surface area (Å²) in [5.41, 5.74) is 0.813. The second-order valence-corrected chi connectivity index (χ2v) is 6.47. The van der Waals surface area contributed by atoms with Gasteiger partial charge in [-0.05, 0) is 12.0 Å². The van der Waals surface area contributed by atoms with E-state index in [1.807, 2.05) is 6.07 Å². The molecule has 0 aromatic carbocycles. The standard InChI is InChI=1S/C16H20N2O5S/c1-9(2)6-17-10-5-11-13(23-8-12(19)21-3)14(16(20)22-4)24-15(11)18-7-10/h5,7,9,17H,6,8H2,1-4H3. The zero-order valence-corrected chi connectivity index (χ0v) is 14.9. The summed E-state index contributed by atoms with van der Waals surface area (Å²) >= 11 is 1.16. The molecule has 1 N–H and O–H groups in total. The summed E-state index contributed by atoms with van der Waals surface area (Å²) in [7, 11) is 2.56. The normalized spacial score (nSPS) is 10.7. The van der Waals surface area contributed by atoms with Crippen molar-refractivity contribution in [1.82, 2.24) is 4.98 Å². The summed E-state index contributed by atoms with van der Waals surface area (Å²) in [6, 6.07) is 1.85. The lowest BCUT2D eigenvalue weighted by Gasteiger charge is -2.09. The van der Waals surface area contributed by atoms with E-state index < -0.39 is 11.9 Å². The summed E-state index contributed by atoms with van der Waals surface area (Å²) in [5, 5.41) is 3.92. The molecular weight excluding hydrogens is 332 g/mol. The van der Waals surface area contributed by atoms with Gasteiger partial charge in [-0.1, -0.05) is 13.8 Å². The minimum absolute atomic E-state index is 0.268. The van der Waals surface area contributed by atoms with Gasteiger partial charge in [0, 0.05) is 6.54 Å². The number of anilines is 1. The molecule has 0 fully saturated rings. The van der Waals surface area contributed by atoms with Crippen molar-refractivity contribution in [2.24, 2.45) is 5.92 Å². The highest BCUT2D eigenvalue weighted by molar-refractivity contribution is 7.20. The summed E-state index contributed by atoms with van der Waals surface area (Å²) < 4.78 is 14.9. The van der Waals surface area contributed by atoms with Gasteiger partial charge in [0.05, 0.1) is 31.5 Å². The molecule has 0 unspecified atom stereocenters. The minimum Gasteiger partial charge on any atom is -0.479 e. The third kappa shape index (κ3) is 4.14. The van der Waals surface area contributed by atoms with Gasteiger partial charge in [0.15, 0.2) is 17.2 Å². The minimum atomic E-state index is -0.535. The number of rotatable bonds is 7. The van der Waals surface area contributed by atoms with Gasteiger partial charge in [0.2, 0.25) is 0 Å². The topological polar surface area (TPSA) is 86.8 Å². The number of thiophene rings is 1. The predicted octanol–water partition coefficient (Wildman–Crippen LogP) is 2.70. The van der Waals surface area contributed by atoms with Crippen molar-refractivity contribution in [1.29, 1.82) is 0 Å². The van der Waals surface area contributed by atoms with Crippen molar-refractivity contribution in [2.75, 3.05) is 32.7 Å². The SMILES string of the molecule is COC(=O)COc1c(C(=O)OC)sc2ncc(NCC(C)C)cc12. The molecule has 0 amide bonds. The highest BCUT2D eigenvalue weighted by Crippen LogP contribution is 2.38. The maximum atomic E-state index is 12.0. The molecule has 2 rings (SSSR count). The van der Waals surface area contributed by atoms with E-state index in [0.29, 0.717) is 16.1 Å². The van der Waals surface area contributed by atoms with E-state index in [1.54, 1.807) is 6.20 Å². The molecule has 0 spiro atoms. The number of aromatic nitrogens is 1. The fourth-order valence-corrected chi connectivity index (χ4v) is 2.93. The smallest absolute Gasteiger partial charge is 0.351 e. The van der Waals surface area contributed by atoms with Crippen LogP contribution in [0.2, 0.25) is 0 Å². The van der Waals surface area contributed by atoms with E-state index in [9.17, 15) is 9.59 Å². The first kappa shape index (κ1) is 18.0. The number of nitrogens with one attached hydrogen (secondary N) is 1. The summed E-state index contributed by atoms with van der Waals surface area (Å²) in [6.45, 7) is 4.70. The number of ether oxygens (including phenoxy) is 3.